The SMILES string of the molecule is CCCCc1nc2ccccc2n1CCN(CC)CC. The summed E-state index contributed by atoms with van der Waals surface area (Å²) in [5, 5.41) is 0. The molecular formula is C17H27N3. The first-order chi connectivity index (χ1) is 9.80. The van der Waals surface area contributed by atoms with Crippen LogP contribution in [0.5, 0.6) is 0 Å². The first kappa shape index (κ1) is 15.0. The average molecular weight is 273 g/mol. The lowest BCUT2D eigenvalue weighted by atomic mass is 10.2. The molecule has 0 amide bonds. The minimum Gasteiger partial charge on any atom is -0.327 e. The number of nitrogens with zero attached hydrogens (tertiary/aromatic N) is 3. The van der Waals surface area contributed by atoms with Gasteiger partial charge in [-0.25, -0.2) is 4.98 Å². The topological polar surface area (TPSA) is 21.1 Å². The molecule has 0 N–H and O–H groups in total. The number of fused-ring (bicyclic) bond motifs is 1. The van der Waals surface area contributed by atoms with Gasteiger partial charge in [-0.1, -0.05) is 39.3 Å². The third kappa shape index (κ3) is 3.40. The molecule has 1 aromatic carbocycles. The smallest absolute Gasteiger partial charge is 0.109 e. The Morgan fingerprint density at radius 3 is 2.55 bits per heavy atom. The standard InChI is InChI=1S/C17H27N3/c1-4-7-12-17-18-15-10-8-9-11-16(15)20(17)14-13-19(5-2)6-3/h8-11H,4-7,12-14H2,1-3H3. The molecule has 2 aromatic rings. The number of aryl methyl sites for hydroxylation is 1. The Kier molecular flexibility index (Phi) is 5.60. The van der Waals surface area contributed by atoms with Crippen molar-refractivity contribution in [3.05, 3.63) is 30.1 Å². The summed E-state index contributed by atoms with van der Waals surface area (Å²) in [6.07, 6.45) is 3.53. The maximum Gasteiger partial charge on any atom is 0.109 e. The molecule has 0 aliphatic rings. The van der Waals surface area contributed by atoms with E-state index < -0.39 is 0 Å². The molecule has 0 radical (unpaired) electrons. The van der Waals surface area contributed by atoms with Crippen molar-refractivity contribution in [2.75, 3.05) is 19.6 Å². The Morgan fingerprint density at radius 1 is 1.10 bits per heavy atom. The van der Waals surface area contributed by atoms with Crippen molar-refractivity contribution in [1.82, 2.24) is 14.5 Å². The van der Waals surface area contributed by atoms with Crippen LogP contribution in [0, 0.1) is 0 Å². The highest BCUT2D eigenvalue weighted by atomic mass is 15.2. The molecule has 0 spiro atoms. The van der Waals surface area contributed by atoms with Crippen LogP contribution in [-0.4, -0.2) is 34.1 Å². The van der Waals surface area contributed by atoms with Crippen molar-refractivity contribution < 1.29 is 0 Å². The molecule has 20 heavy (non-hydrogen) atoms. The van der Waals surface area contributed by atoms with E-state index in [-0.39, 0.29) is 0 Å². The largest absolute Gasteiger partial charge is 0.327 e. The first-order valence-corrected chi connectivity index (χ1v) is 7.96. The van der Waals surface area contributed by atoms with Gasteiger partial charge in [-0.15, -0.1) is 0 Å². The van der Waals surface area contributed by atoms with Gasteiger partial charge >= 0.3 is 0 Å². The molecule has 1 aromatic heterocycles. The van der Waals surface area contributed by atoms with Gasteiger partial charge in [-0.2, -0.15) is 0 Å². The van der Waals surface area contributed by atoms with Gasteiger partial charge in [0.15, 0.2) is 0 Å². The number of aromatic nitrogens is 2. The highest BCUT2D eigenvalue weighted by Gasteiger charge is 2.10. The van der Waals surface area contributed by atoms with Gasteiger partial charge in [0.1, 0.15) is 5.82 Å². The van der Waals surface area contributed by atoms with Crippen LogP contribution in [-0.2, 0) is 13.0 Å². The van der Waals surface area contributed by atoms with Crippen LogP contribution in [0.25, 0.3) is 11.0 Å². The minimum atomic E-state index is 1.04. The van der Waals surface area contributed by atoms with Crippen molar-refractivity contribution in [2.24, 2.45) is 0 Å². The van der Waals surface area contributed by atoms with Crippen molar-refractivity contribution in [3.8, 4) is 0 Å². The Balaban J connectivity index is 2.23. The van der Waals surface area contributed by atoms with E-state index in [0.717, 1.165) is 38.1 Å². The fourth-order valence-corrected chi connectivity index (χ4v) is 2.68. The predicted octanol–water partition coefficient (Wildman–Crippen LogP) is 3.72. The lowest BCUT2D eigenvalue weighted by Crippen LogP contribution is -2.27. The zero-order chi connectivity index (χ0) is 14.4. The molecule has 2 rings (SSSR count). The third-order valence-corrected chi connectivity index (χ3v) is 4.02. The van der Waals surface area contributed by atoms with Crippen LogP contribution in [0.3, 0.4) is 0 Å². The van der Waals surface area contributed by atoms with Crippen LogP contribution in [0.4, 0.5) is 0 Å². The molecule has 0 saturated carbocycles. The van der Waals surface area contributed by atoms with Crippen molar-refractivity contribution in [2.45, 2.75) is 46.6 Å². The molecule has 0 unspecified atom stereocenters. The Labute approximate surface area is 122 Å². The second-order valence-electron chi connectivity index (χ2n) is 5.30. The van der Waals surface area contributed by atoms with Crippen molar-refractivity contribution in [3.63, 3.8) is 0 Å². The number of rotatable bonds is 8. The molecule has 0 aliphatic heterocycles. The number of likely N-dealkylation sites (N-methyl/N-ethyl adjacent to an activating group) is 1. The van der Waals surface area contributed by atoms with E-state index in [9.17, 15) is 0 Å². The van der Waals surface area contributed by atoms with E-state index in [4.69, 9.17) is 4.98 Å². The van der Waals surface area contributed by atoms with Crippen LogP contribution < -0.4 is 0 Å². The molecule has 1 heterocycles. The van der Waals surface area contributed by atoms with Crippen molar-refractivity contribution in [1.29, 1.82) is 0 Å². The van der Waals surface area contributed by atoms with Crippen LogP contribution >= 0.6 is 0 Å². The molecule has 0 saturated heterocycles. The Hall–Kier alpha value is -1.35. The van der Waals surface area contributed by atoms with E-state index in [1.807, 2.05) is 0 Å². The van der Waals surface area contributed by atoms with E-state index in [1.165, 1.54) is 24.2 Å². The summed E-state index contributed by atoms with van der Waals surface area (Å²) in [5.74, 6) is 1.25. The highest BCUT2D eigenvalue weighted by Crippen LogP contribution is 2.17. The summed E-state index contributed by atoms with van der Waals surface area (Å²) in [5.41, 5.74) is 2.42. The summed E-state index contributed by atoms with van der Waals surface area (Å²) in [4.78, 5) is 7.29. The Bertz CT molecular complexity index is 526. The maximum absolute atomic E-state index is 4.82. The zero-order valence-corrected chi connectivity index (χ0v) is 13.1. The highest BCUT2D eigenvalue weighted by molar-refractivity contribution is 5.75. The zero-order valence-electron chi connectivity index (χ0n) is 13.1. The number of para-hydroxylation sites is 2. The molecule has 0 atom stereocenters. The monoisotopic (exact) mass is 273 g/mol. The molecule has 110 valence electrons. The molecule has 3 heteroatoms. The fraction of sp³-hybridized carbons (Fsp3) is 0.588. The molecular weight excluding hydrogens is 246 g/mol. The molecule has 0 fully saturated rings. The molecule has 0 aliphatic carbocycles. The van der Waals surface area contributed by atoms with Crippen molar-refractivity contribution >= 4 is 11.0 Å². The third-order valence-electron chi connectivity index (χ3n) is 4.02. The predicted molar refractivity (Wildman–Crippen MR) is 86.1 cm³/mol. The van der Waals surface area contributed by atoms with E-state index in [1.54, 1.807) is 0 Å². The fourth-order valence-electron chi connectivity index (χ4n) is 2.68. The average Bonchev–Trinajstić information content (AvgIpc) is 2.84. The second kappa shape index (κ2) is 7.44. The lowest BCUT2D eigenvalue weighted by molar-refractivity contribution is 0.290. The van der Waals surface area contributed by atoms with Gasteiger partial charge in [0.05, 0.1) is 11.0 Å². The quantitative estimate of drug-likeness (QED) is 0.731. The number of hydrogen-bond acceptors (Lipinski definition) is 2. The normalized spacial score (nSPS) is 11.6. The van der Waals surface area contributed by atoms with Crippen LogP contribution in [0.15, 0.2) is 24.3 Å². The lowest BCUT2D eigenvalue weighted by Gasteiger charge is -2.19. The van der Waals surface area contributed by atoms with E-state index in [2.05, 4.69) is 54.5 Å². The summed E-state index contributed by atoms with van der Waals surface area (Å²) in [7, 11) is 0. The number of unbranched alkanes of at least 4 members (excludes halogenated alkanes) is 1. The summed E-state index contributed by atoms with van der Waals surface area (Å²) < 4.78 is 2.42. The summed E-state index contributed by atoms with van der Waals surface area (Å²) in [6, 6.07) is 8.51. The van der Waals surface area contributed by atoms with Gasteiger partial charge in [0.25, 0.3) is 0 Å². The molecule has 3 nitrogen and oxygen atoms in total. The number of imidazole rings is 1. The summed E-state index contributed by atoms with van der Waals surface area (Å²) >= 11 is 0. The van der Waals surface area contributed by atoms with Gasteiger partial charge in [-0.3, -0.25) is 0 Å². The number of hydrogen-bond donors (Lipinski definition) is 0. The maximum atomic E-state index is 4.82. The van der Waals surface area contributed by atoms with E-state index >= 15 is 0 Å². The number of benzene rings is 1. The Morgan fingerprint density at radius 2 is 1.85 bits per heavy atom. The van der Waals surface area contributed by atoms with Gasteiger partial charge in [0, 0.05) is 19.5 Å². The van der Waals surface area contributed by atoms with Gasteiger partial charge in [0.2, 0.25) is 0 Å². The first-order valence-electron chi connectivity index (χ1n) is 7.96. The van der Waals surface area contributed by atoms with Crippen LogP contribution in [0.1, 0.15) is 39.4 Å². The van der Waals surface area contributed by atoms with Gasteiger partial charge in [-0.05, 0) is 31.6 Å². The molecule has 0 bridgehead atoms. The van der Waals surface area contributed by atoms with E-state index in [0.29, 0.717) is 0 Å². The summed E-state index contributed by atoms with van der Waals surface area (Å²) in [6.45, 7) is 11.1. The minimum absolute atomic E-state index is 1.04. The van der Waals surface area contributed by atoms with Gasteiger partial charge < -0.3 is 9.47 Å². The second-order valence-corrected chi connectivity index (χ2v) is 5.30. The van der Waals surface area contributed by atoms with Crippen LogP contribution in [0.2, 0.25) is 0 Å².